The van der Waals surface area contributed by atoms with Crippen molar-refractivity contribution in [2.24, 2.45) is 0 Å². The van der Waals surface area contributed by atoms with Crippen LogP contribution in [-0.4, -0.2) is 11.0 Å². The van der Waals surface area contributed by atoms with Gasteiger partial charge in [-0.2, -0.15) is 0 Å². The molecule has 0 aromatic heterocycles. The second kappa shape index (κ2) is 5.09. The van der Waals surface area contributed by atoms with Crippen LogP contribution >= 0.6 is 34.8 Å². The van der Waals surface area contributed by atoms with Gasteiger partial charge in [0.1, 0.15) is 0 Å². The predicted octanol–water partition coefficient (Wildman–Crippen LogP) is 3.44. The van der Waals surface area contributed by atoms with Crippen molar-refractivity contribution in [1.29, 1.82) is 0 Å². The van der Waals surface area contributed by atoms with Crippen LogP contribution in [0, 0.1) is 11.8 Å². The van der Waals surface area contributed by atoms with Crippen LogP contribution < -0.4 is 0 Å². The van der Waals surface area contributed by atoms with E-state index in [0.717, 1.165) is 0 Å². The van der Waals surface area contributed by atoms with E-state index >= 15 is 0 Å². The molecule has 0 spiro atoms. The van der Waals surface area contributed by atoms with Crippen LogP contribution in [0.2, 0.25) is 10.0 Å². The third-order valence-electron chi connectivity index (χ3n) is 1.90. The van der Waals surface area contributed by atoms with Crippen LogP contribution in [-0.2, 0) is 5.60 Å². The molecule has 1 nitrogen and oxygen atoms in total. The molecule has 0 saturated carbocycles. The standard InChI is InChI=1S/C11H9Cl3O/c1-2-5-11(15,7-12)9-4-3-8(13)6-10(9)14/h3-4,6,15H,7H2,1H3. The van der Waals surface area contributed by atoms with E-state index in [0.29, 0.717) is 15.6 Å². The van der Waals surface area contributed by atoms with E-state index in [-0.39, 0.29) is 5.88 Å². The van der Waals surface area contributed by atoms with Crippen LogP contribution in [0.15, 0.2) is 18.2 Å². The highest BCUT2D eigenvalue weighted by Crippen LogP contribution is 2.31. The highest BCUT2D eigenvalue weighted by molar-refractivity contribution is 6.35. The fraction of sp³-hybridized carbons (Fsp3) is 0.273. The highest BCUT2D eigenvalue weighted by Gasteiger charge is 2.28. The first-order valence-corrected chi connectivity index (χ1v) is 5.50. The van der Waals surface area contributed by atoms with E-state index in [1.54, 1.807) is 25.1 Å². The number of hydrogen-bond donors (Lipinski definition) is 1. The van der Waals surface area contributed by atoms with E-state index in [4.69, 9.17) is 34.8 Å². The summed E-state index contributed by atoms with van der Waals surface area (Å²) >= 11 is 17.4. The monoisotopic (exact) mass is 262 g/mol. The van der Waals surface area contributed by atoms with E-state index in [2.05, 4.69) is 11.8 Å². The summed E-state index contributed by atoms with van der Waals surface area (Å²) < 4.78 is 0. The first-order chi connectivity index (χ1) is 7.03. The third-order valence-corrected chi connectivity index (χ3v) is 2.84. The Morgan fingerprint density at radius 1 is 1.40 bits per heavy atom. The van der Waals surface area contributed by atoms with Crippen molar-refractivity contribution in [3.63, 3.8) is 0 Å². The fourth-order valence-electron chi connectivity index (χ4n) is 1.20. The topological polar surface area (TPSA) is 20.2 Å². The first-order valence-electron chi connectivity index (χ1n) is 4.21. The van der Waals surface area contributed by atoms with Gasteiger partial charge in [-0.1, -0.05) is 35.2 Å². The van der Waals surface area contributed by atoms with Crippen molar-refractivity contribution in [3.8, 4) is 11.8 Å². The Labute approximate surface area is 104 Å². The lowest BCUT2D eigenvalue weighted by molar-refractivity contribution is 0.126. The number of benzene rings is 1. The molecule has 0 heterocycles. The molecule has 0 radical (unpaired) electrons. The number of alkyl halides is 1. The van der Waals surface area contributed by atoms with Crippen molar-refractivity contribution in [2.75, 3.05) is 5.88 Å². The summed E-state index contributed by atoms with van der Waals surface area (Å²) in [4.78, 5) is 0. The SMILES string of the molecule is CC#CC(O)(CCl)c1ccc(Cl)cc1Cl. The molecular formula is C11H9Cl3O. The second-order valence-electron chi connectivity index (χ2n) is 2.99. The molecule has 1 aromatic rings. The fourth-order valence-corrected chi connectivity index (χ4v) is 1.98. The number of halogens is 3. The first kappa shape index (κ1) is 12.7. The summed E-state index contributed by atoms with van der Waals surface area (Å²) in [7, 11) is 0. The maximum Gasteiger partial charge on any atom is 0.165 e. The minimum absolute atomic E-state index is 0.0464. The van der Waals surface area contributed by atoms with Gasteiger partial charge in [-0.15, -0.1) is 17.5 Å². The highest BCUT2D eigenvalue weighted by atomic mass is 35.5. The summed E-state index contributed by atoms with van der Waals surface area (Å²) in [5.41, 5.74) is -0.948. The van der Waals surface area contributed by atoms with Crippen molar-refractivity contribution in [1.82, 2.24) is 0 Å². The molecule has 0 aliphatic rings. The minimum atomic E-state index is -1.42. The van der Waals surface area contributed by atoms with Crippen molar-refractivity contribution in [3.05, 3.63) is 33.8 Å². The molecule has 1 unspecified atom stereocenters. The summed E-state index contributed by atoms with van der Waals surface area (Å²) in [5, 5.41) is 11.0. The number of rotatable bonds is 2. The maximum absolute atomic E-state index is 10.1. The van der Waals surface area contributed by atoms with Crippen molar-refractivity contribution >= 4 is 34.8 Å². The zero-order valence-corrected chi connectivity index (χ0v) is 10.3. The summed E-state index contributed by atoms with van der Waals surface area (Å²) in [6.07, 6.45) is 0. The van der Waals surface area contributed by atoms with Crippen LogP contribution in [0.25, 0.3) is 0 Å². The molecule has 1 atom stereocenters. The molecule has 1 aromatic carbocycles. The van der Waals surface area contributed by atoms with Gasteiger partial charge in [0.15, 0.2) is 5.60 Å². The van der Waals surface area contributed by atoms with Crippen molar-refractivity contribution < 1.29 is 5.11 Å². The van der Waals surface area contributed by atoms with Crippen LogP contribution in [0.5, 0.6) is 0 Å². The minimum Gasteiger partial charge on any atom is -0.372 e. The van der Waals surface area contributed by atoms with Gasteiger partial charge in [0.25, 0.3) is 0 Å². The molecule has 0 aliphatic carbocycles. The van der Waals surface area contributed by atoms with E-state index < -0.39 is 5.60 Å². The summed E-state index contributed by atoms with van der Waals surface area (Å²) in [5.74, 6) is 5.21. The molecule has 1 N–H and O–H groups in total. The molecule has 0 aliphatic heterocycles. The Morgan fingerprint density at radius 3 is 2.53 bits per heavy atom. The zero-order chi connectivity index (χ0) is 11.5. The number of aliphatic hydroxyl groups is 1. The van der Waals surface area contributed by atoms with Crippen LogP contribution in [0.4, 0.5) is 0 Å². The number of hydrogen-bond acceptors (Lipinski definition) is 1. The molecule has 1 rings (SSSR count). The van der Waals surface area contributed by atoms with Gasteiger partial charge < -0.3 is 5.11 Å². The maximum atomic E-state index is 10.1. The average Bonchev–Trinajstić information content (AvgIpc) is 2.17. The Hall–Kier alpha value is -0.390. The quantitative estimate of drug-likeness (QED) is 0.640. The lowest BCUT2D eigenvalue weighted by Crippen LogP contribution is -2.26. The second-order valence-corrected chi connectivity index (χ2v) is 4.10. The van der Waals surface area contributed by atoms with Crippen LogP contribution in [0.1, 0.15) is 12.5 Å². The molecule has 0 bridgehead atoms. The lowest BCUT2D eigenvalue weighted by atomic mass is 9.96. The van der Waals surface area contributed by atoms with E-state index in [1.807, 2.05) is 0 Å². The Morgan fingerprint density at radius 2 is 2.07 bits per heavy atom. The smallest absolute Gasteiger partial charge is 0.165 e. The van der Waals surface area contributed by atoms with Crippen LogP contribution in [0.3, 0.4) is 0 Å². The Kier molecular flexibility index (Phi) is 4.31. The molecular weight excluding hydrogens is 254 g/mol. The molecule has 15 heavy (non-hydrogen) atoms. The molecule has 80 valence electrons. The van der Waals surface area contributed by atoms with Gasteiger partial charge in [-0.25, -0.2) is 0 Å². The van der Waals surface area contributed by atoms with Gasteiger partial charge in [0.05, 0.1) is 5.88 Å². The van der Waals surface area contributed by atoms with Crippen molar-refractivity contribution in [2.45, 2.75) is 12.5 Å². The average molecular weight is 264 g/mol. The summed E-state index contributed by atoms with van der Waals surface area (Å²) in [6, 6.07) is 4.81. The van der Waals surface area contributed by atoms with Gasteiger partial charge >= 0.3 is 0 Å². The molecule has 4 heteroatoms. The predicted molar refractivity (Wildman–Crippen MR) is 64.5 cm³/mol. The Balaban J connectivity index is 3.28. The Bertz CT molecular complexity index is 420. The van der Waals surface area contributed by atoms with Gasteiger partial charge in [0, 0.05) is 15.6 Å². The van der Waals surface area contributed by atoms with Gasteiger partial charge in [-0.05, 0) is 19.1 Å². The van der Waals surface area contributed by atoms with Gasteiger partial charge in [0.2, 0.25) is 0 Å². The molecule has 0 fully saturated rings. The largest absolute Gasteiger partial charge is 0.372 e. The third kappa shape index (κ3) is 2.80. The van der Waals surface area contributed by atoms with Gasteiger partial charge in [-0.3, -0.25) is 0 Å². The normalized spacial score (nSPS) is 13.9. The summed E-state index contributed by atoms with van der Waals surface area (Å²) in [6.45, 7) is 1.63. The van der Waals surface area contributed by atoms with E-state index in [1.165, 1.54) is 0 Å². The zero-order valence-electron chi connectivity index (χ0n) is 8.02. The molecule has 0 saturated heterocycles. The molecule has 0 amide bonds. The van der Waals surface area contributed by atoms with E-state index in [9.17, 15) is 5.11 Å². The lowest BCUT2D eigenvalue weighted by Gasteiger charge is -2.21.